The Hall–Kier alpha value is -0.990. The fourth-order valence-corrected chi connectivity index (χ4v) is 4.30. The fraction of sp³-hybridized carbons (Fsp3) is 0.650. The van der Waals surface area contributed by atoms with Gasteiger partial charge in [-0.3, -0.25) is 4.90 Å². The molecule has 142 valence electrons. The van der Waals surface area contributed by atoms with Gasteiger partial charge in [-0.05, 0) is 63.7 Å². The SMILES string of the molecule is Cc1c(OC2CCN(CC3CCN(CC#N)CC3)CC2)ccc(Cl)c1Cl. The van der Waals surface area contributed by atoms with Gasteiger partial charge in [0.2, 0.25) is 0 Å². The highest BCUT2D eigenvalue weighted by molar-refractivity contribution is 6.42. The van der Waals surface area contributed by atoms with E-state index in [2.05, 4.69) is 15.9 Å². The quantitative estimate of drug-likeness (QED) is 0.693. The van der Waals surface area contributed by atoms with Crippen molar-refractivity contribution in [1.82, 2.24) is 9.80 Å². The maximum absolute atomic E-state index is 8.80. The lowest BCUT2D eigenvalue weighted by molar-refractivity contribution is 0.0793. The van der Waals surface area contributed by atoms with E-state index in [0.717, 1.165) is 56.3 Å². The first-order valence-corrected chi connectivity index (χ1v) is 10.3. The van der Waals surface area contributed by atoms with Crippen LogP contribution in [0.4, 0.5) is 0 Å². The van der Waals surface area contributed by atoms with Gasteiger partial charge in [-0.15, -0.1) is 0 Å². The number of halogens is 2. The molecule has 0 N–H and O–H groups in total. The van der Waals surface area contributed by atoms with Crippen molar-refractivity contribution in [3.05, 3.63) is 27.7 Å². The average molecular weight is 396 g/mol. The second kappa shape index (κ2) is 9.28. The average Bonchev–Trinajstić information content (AvgIpc) is 2.65. The number of ether oxygens (including phenoxy) is 1. The molecule has 6 heteroatoms. The number of hydrogen-bond donors (Lipinski definition) is 0. The standard InChI is InChI=1S/C20H27Cl2N3O/c1-15-19(3-2-18(21)20(15)22)26-17-6-11-25(12-7-17)14-16-4-9-24(10-5-16)13-8-23/h2-3,16-17H,4-7,9-14H2,1H3. The van der Waals surface area contributed by atoms with Gasteiger partial charge in [-0.2, -0.15) is 5.26 Å². The Kier molecular flexibility index (Phi) is 7.05. The van der Waals surface area contributed by atoms with Crippen LogP contribution in [-0.4, -0.2) is 55.2 Å². The highest BCUT2D eigenvalue weighted by Crippen LogP contribution is 2.33. The van der Waals surface area contributed by atoms with Crippen molar-refractivity contribution in [2.45, 2.75) is 38.7 Å². The molecule has 1 aromatic rings. The number of benzene rings is 1. The summed E-state index contributed by atoms with van der Waals surface area (Å²) in [6.45, 7) is 8.01. The van der Waals surface area contributed by atoms with Crippen LogP contribution < -0.4 is 4.74 Å². The van der Waals surface area contributed by atoms with Gasteiger partial charge in [0.05, 0.1) is 22.7 Å². The van der Waals surface area contributed by atoms with E-state index in [1.807, 2.05) is 13.0 Å². The Balaban J connectivity index is 1.42. The van der Waals surface area contributed by atoms with Crippen LogP contribution in [0.25, 0.3) is 0 Å². The third-order valence-electron chi connectivity index (χ3n) is 5.64. The molecule has 0 saturated carbocycles. The molecule has 0 bridgehead atoms. The largest absolute Gasteiger partial charge is 0.490 e. The normalized spacial score (nSPS) is 20.8. The minimum absolute atomic E-state index is 0.250. The van der Waals surface area contributed by atoms with Crippen LogP contribution in [0.2, 0.25) is 10.0 Å². The Bertz CT molecular complexity index is 645. The van der Waals surface area contributed by atoms with Gasteiger partial charge >= 0.3 is 0 Å². The lowest BCUT2D eigenvalue weighted by Crippen LogP contribution is -2.43. The first-order valence-electron chi connectivity index (χ1n) is 9.49. The molecule has 0 radical (unpaired) electrons. The zero-order chi connectivity index (χ0) is 18.5. The molecule has 26 heavy (non-hydrogen) atoms. The molecule has 0 amide bonds. The Morgan fingerprint density at radius 2 is 1.73 bits per heavy atom. The van der Waals surface area contributed by atoms with Gasteiger partial charge in [-0.1, -0.05) is 23.2 Å². The topological polar surface area (TPSA) is 39.5 Å². The van der Waals surface area contributed by atoms with Gasteiger partial charge in [0, 0.05) is 25.2 Å². The van der Waals surface area contributed by atoms with Gasteiger partial charge in [0.15, 0.2) is 0 Å². The summed E-state index contributed by atoms with van der Waals surface area (Å²) < 4.78 is 6.19. The lowest BCUT2D eigenvalue weighted by Gasteiger charge is -2.37. The predicted octanol–water partition coefficient (Wildman–Crippen LogP) is 4.38. The molecule has 2 fully saturated rings. The van der Waals surface area contributed by atoms with E-state index in [9.17, 15) is 0 Å². The second-order valence-electron chi connectivity index (χ2n) is 7.48. The maximum Gasteiger partial charge on any atom is 0.124 e. The van der Waals surface area contributed by atoms with E-state index in [1.165, 1.54) is 19.4 Å². The van der Waals surface area contributed by atoms with E-state index in [4.69, 9.17) is 33.2 Å². The van der Waals surface area contributed by atoms with Gasteiger partial charge in [-0.25, -0.2) is 0 Å². The molecule has 0 atom stereocenters. The summed E-state index contributed by atoms with van der Waals surface area (Å²) in [5.41, 5.74) is 0.922. The summed E-state index contributed by atoms with van der Waals surface area (Å²) in [7, 11) is 0. The first-order chi connectivity index (χ1) is 12.6. The molecule has 1 aromatic carbocycles. The number of piperidine rings is 2. The van der Waals surface area contributed by atoms with Crippen LogP contribution in [0.5, 0.6) is 5.75 Å². The predicted molar refractivity (Wildman–Crippen MR) is 106 cm³/mol. The molecule has 4 nitrogen and oxygen atoms in total. The molecule has 2 aliphatic heterocycles. The van der Waals surface area contributed by atoms with E-state index >= 15 is 0 Å². The van der Waals surface area contributed by atoms with Crippen LogP contribution >= 0.6 is 23.2 Å². The minimum Gasteiger partial charge on any atom is -0.490 e. The molecule has 0 aromatic heterocycles. The van der Waals surface area contributed by atoms with Crippen molar-refractivity contribution < 1.29 is 4.74 Å². The molecule has 0 spiro atoms. The molecule has 2 aliphatic rings. The van der Waals surface area contributed by atoms with Crippen molar-refractivity contribution in [2.75, 3.05) is 39.3 Å². The fourth-order valence-electron chi connectivity index (χ4n) is 3.94. The summed E-state index contributed by atoms with van der Waals surface area (Å²) in [5.74, 6) is 1.61. The lowest BCUT2D eigenvalue weighted by atomic mass is 9.95. The zero-order valence-corrected chi connectivity index (χ0v) is 16.9. The molecule has 0 aliphatic carbocycles. The monoisotopic (exact) mass is 395 g/mol. The summed E-state index contributed by atoms with van der Waals surface area (Å²) in [5, 5.41) is 9.96. The highest BCUT2D eigenvalue weighted by Gasteiger charge is 2.25. The van der Waals surface area contributed by atoms with Crippen molar-refractivity contribution in [2.24, 2.45) is 5.92 Å². The molecule has 3 rings (SSSR count). The Morgan fingerprint density at radius 3 is 2.38 bits per heavy atom. The van der Waals surface area contributed by atoms with Gasteiger partial charge < -0.3 is 9.64 Å². The highest BCUT2D eigenvalue weighted by atomic mass is 35.5. The number of rotatable bonds is 5. The zero-order valence-electron chi connectivity index (χ0n) is 15.4. The maximum atomic E-state index is 8.80. The van der Waals surface area contributed by atoms with Crippen molar-refractivity contribution in [1.29, 1.82) is 5.26 Å². The molecular weight excluding hydrogens is 369 g/mol. The van der Waals surface area contributed by atoms with E-state index in [1.54, 1.807) is 6.07 Å². The van der Waals surface area contributed by atoms with Gasteiger partial charge in [0.1, 0.15) is 11.9 Å². The Morgan fingerprint density at radius 1 is 1.08 bits per heavy atom. The Labute approximate surface area is 166 Å². The van der Waals surface area contributed by atoms with Crippen molar-refractivity contribution in [3.63, 3.8) is 0 Å². The summed E-state index contributed by atoms with van der Waals surface area (Å²) in [4.78, 5) is 4.84. The van der Waals surface area contributed by atoms with E-state index in [-0.39, 0.29) is 6.10 Å². The second-order valence-corrected chi connectivity index (χ2v) is 8.27. The number of nitrogens with zero attached hydrogens (tertiary/aromatic N) is 3. The number of nitriles is 1. The third-order valence-corrected chi connectivity index (χ3v) is 6.53. The first kappa shape index (κ1) is 19.8. The minimum atomic E-state index is 0.250. The molecular formula is C20H27Cl2N3O. The van der Waals surface area contributed by atoms with E-state index in [0.29, 0.717) is 16.6 Å². The smallest absolute Gasteiger partial charge is 0.124 e. The van der Waals surface area contributed by atoms with Crippen LogP contribution in [0.15, 0.2) is 12.1 Å². The van der Waals surface area contributed by atoms with Crippen LogP contribution in [0.1, 0.15) is 31.2 Å². The van der Waals surface area contributed by atoms with Crippen LogP contribution in [0.3, 0.4) is 0 Å². The summed E-state index contributed by atoms with van der Waals surface area (Å²) in [6, 6.07) is 5.98. The number of hydrogen-bond acceptors (Lipinski definition) is 4. The summed E-state index contributed by atoms with van der Waals surface area (Å²) >= 11 is 12.3. The molecule has 0 unspecified atom stereocenters. The number of likely N-dealkylation sites (tertiary alicyclic amines) is 2. The van der Waals surface area contributed by atoms with Crippen LogP contribution in [-0.2, 0) is 0 Å². The van der Waals surface area contributed by atoms with Crippen LogP contribution in [0, 0.1) is 24.2 Å². The summed E-state index contributed by atoms with van der Waals surface area (Å²) in [6.07, 6.45) is 4.76. The van der Waals surface area contributed by atoms with Crippen molar-refractivity contribution in [3.8, 4) is 11.8 Å². The van der Waals surface area contributed by atoms with E-state index < -0.39 is 0 Å². The third kappa shape index (κ3) is 5.04. The molecule has 2 saturated heterocycles. The van der Waals surface area contributed by atoms with Crippen molar-refractivity contribution >= 4 is 23.2 Å². The van der Waals surface area contributed by atoms with Gasteiger partial charge in [0.25, 0.3) is 0 Å². The molecule has 2 heterocycles.